The Morgan fingerprint density at radius 1 is 1.33 bits per heavy atom. The highest BCUT2D eigenvalue weighted by atomic mass is 16.2. The summed E-state index contributed by atoms with van der Waals surface area (Å²) in [5.41, 5.74) is -0.910. The van der Waals surface area contributed by atoms with E-state index in [-0.39, 0.29) is 18.4 Å². The third-order valence-corrected chi connectivity index (χ3v) is 3.47. The third-order valence-electron chi connectivity index (χ3n) is 3.47. The molecule has 2 heterocycles. The number of rotatable bonds is 4. The Kier molecular flexibility index (Phi) is 3.97. The minimum absolute atomic E-state index is 0.125. The number of amides is 2. The van der Waals surface area contributed by atoms with Crippen LogP contribution in [0.2, 0.25) is 0 Å². The minimum atomic E-state index is -0.910. The van der Waals surface area contributed by atoms with E-state index < -0.39 is 11.6 Å². The van der Waals surface area contributed by atoms with Crippen molar-refractivity contribution in [2.75, 3.05) is 0 Å². The molecule has 21 heavy (non-hydrogen) atoms. The molecule has 1 aliphatic heterocycles. The Bertz CT molecular complexity index is 551. The first-order valence-corrected chi connectivity index (χ1v) is 7.06. The molecule has 0 aliphatic carbocycles. The maximum atomic E-state index is 12.6. The summed E-state index contributed by atoms with van der Waals surface area (Å²) in [5, 5.41) is 14.6. The van der Waals surface area contributed by atoms with E-state index in [0.717, 1.165) is 0 Å². The fourth-order valence-electron chi connectivity index (χ4n) is 2.49. The molecule has 2 rings (SSSR count). The summed E-state index contributed by atoms with van der Waals surface area (Å²) in [6.07, 6.45) is 0.605. The number of aryl methyl sites for hydroxylation is 1. The molecule has 1 fully saturated rings. The number of hydrogen-bond donors (Lipinski definition) is 1. The fourth-order valence-corrected chi connectivity index (χ4v) is 2.49. The summed E-state index contributed by atoms with van der Waals surface area (Å²) >= 11 is 0. The molecule has 1 unspecified atom stereocenters. The van der Waals surface area contributed by atoms with Crippen LogP contribution < -0.4 is 5.32 Å². The Hall–Kier alpha value is -1.99. The monoisotopic (exact) mass is 294 g/mol. The molecule has 8 heteroatoms. The summed E-state index contributed by atoms with van der Waals surface area (Å²) < 4.78 is 0. The van der Waals surface area contributed by atoms with Gasteiger partial charge in [0.25, 0.3) is 0 Å². The Morgan fingerprint density at radius 2 is 2.00 bits per heavy atom. The highest BCUT2D eigenvalue weighted by molar-refractivity contribution is 5.99. The SMILES string of the molecule is CC(C)CC1C(=O)NC(C)(C)C(=O)N1Cc1nnn(C)n1. The molecule has 1 aliphatic rings. The van der Waals surface area contributed by atoms with Crippen molar-refractivity contribution in [2.24, 2.45) is 13.0 Å². The van der Waals surface area contributed by atoms with Crippen LogP contribution in [-0.4, -0.2) is 48.5 Å². The van der Waals surface area contributed by atoms with Gasteiger partial charge in [-0.1, -0.05) is 13.8 Å². The fraction of sp³-hybridized carbons (Fsp3) is 0.769. The Labute approximate surface area is 123 Å². The second kappa shape index (κ2) is 5.42. The van der Waals surface area contributed by atoms with Crippen LogP contribution in [0.3, 0.4) is 0 Å². The van der Waals surface area contributed by atoms with Crippen molar-refractivity contribution in [2.45, 2.75) is 52.2 Å². The van der Waals surface area contributed by atoms with Crippen LogP contribution in [0.25, 0.3) is 0 Å². The van der Waals surface area contributed by atoms with E-state index >= 15 is 0 Å². The average molecular weight is 294 g/mol. The molecule has 1 aromatic heterocycles. The summed E-state index contributed by atoms with van der Waals surface area (Å²) in [6.45, 7) is 7.65. The molecule has 0 aromatic carbocycles. The zero-order valence-corrected chi connectivity index (χ0v) is 13.1. The summed E-state index contributed by atoms with van der Waals surface area (Å²) in [5.74, 6) is 0.481. The van der Waals surface area contributed by atoms with Gasteiger partial charge in [-0.15, -0.1) is 10.2 Å². The van der Waals surface area contributed by atoms with E-state index in [1.54, 1.807) is 25.8 Å². The molecule has 1 N–H and O–H groups in total. The number of piperazine rings is 1. The maximum absolute atomic E-state index is 12.6. The lowest BCUT2D eigenvalue weighted by atomic mass is 9.92. The Balaban J connectivity index is 2.28. The van der Waals surface area contributed by atoms with Crippen LogP contribution in [0.5, 0.6) is 0 Å². The smallest absolute Gasteiger partial charge is 0.248 e. The molecule has 0 saturated carbocycles. The zero-order chi connectivity index (χ0) is 15.8. The van der Waals surface area contributed by atoms with Crippen LogP contribution in [-0.2, 0) is 23.2 Å². The molecule has 0 radical (unpaired) electrons. The number of aromatic nitrogens is 4. The van der Waals surface area contributed by atoms with E-state index in [4.69, 9.17) is 0 Å². The van der Waals surface area contributed by atoms with Crippen molar-refractivity contribution >= 4 is 11.8 Å². The van der Waals surface area contributed by atoms with Gasteiger partial charge in [0.15, 0.2) is 5.82 Å². The molecule has 1 atom stereocenters. The first-order chi connectivity index (χ1) is 9.70. The molecule has 0 bridgehead atoms. The Morgan fingerprint density at radius 3 is 2.52 bits per heavy atom. The van der Waals surface area contributed by atoms with Gasteiger partial charge in [0, 0.05) is 0 Å². The second-order valence-electron chi connectivity index (χ2n) is 6.39. The first-order valence-electron chi connectivity index (χ1n) is 7.06. The number of tetrazole rings is 1. The molecule has 1 saturated heterocycles. The number of nitrogens with one attached hydrogen (secondary N) is 1. The second-order valence-corrected chi connectivity index (χ2v) is 6.39. The lowest BCUT2D eigenvalue weighted by Gasteiger charge is -2.42. The molecular formula is C13H22N6O2. The number of nitrogens with zero attached hydrogens (tertiary/aromatic N) is 5. The predicted octanol–water partition coefficient (Wildman–Crippen LogP) is -0.138. The molecular weight excluding hydrogens is 272 g/mol. The van der Waals surface area contributed by atoms with Gasteiger partial charge in [-0.25, -0.2) is 0 Å². The lowest BCUT2D eigenvalue weighted by Crippen LogP contribution is -2.67. The van der Waals surface area contributed by atoms with Crippen molar-refractivity contribution in [3.63, 3.8) is 0 Å². The predicted molar refractivity (Wildman–Crippen MR) is 74.8 cm³/mol. The largest absolute Gasteiger partial charge is 0.340 e. The van der Waals surface area contributed by atoms with Gasteiger partial charge in [0.05, 0.1) is 13.6 Å². The van der Waals surface area contributed by atoms with E-state index in [1.165, 1.54) is 4.80 Å². The third kappa shape index (κ3) is 3.20. The highest BCUT2D eigenvalue weighted by Crippen LogP contribution is 2.23. The van der Waals surface area contributed by atoms with Crippen LogP contribution in [0, 0.1) is 5.92 Å². The summed E-state index contributed by atoms with van der Waals surface area (Å²) in [6, 6.07) is -0.491. The molecule has 116 valence electrons. The topological polar surface area (TPSA) is 93.0 Å². The number of carbonyl (C=O) groups excluding carboxylic acids is 2. The van der Waals surface area contributed by atoms with Gasteiger partial charge in [-0.2, -0.15) is 4.80 Å². The zero-order valence-electron chi connectivity index (χ0n) is 13.1. The van der Waals surface area contributed by atoms with E-state index in [9.17, 15) is 9.59 Å². The quantitative estimate of drug-likeness (QED) is 0.834. The van der Waals surface area contributed by atoms with Gasteiger partial charge < -0.3 is 10.2 Å². The van der Waals surface area contributed by atoms with Crippen molar-refractivity contribution in [1.29, 1.82) is 0 Å². The normalized spacial score (nSPS) is 21.8. The molecule has 0 spiro atoms. The average Bonchev–Trinajstić information content (AvgIpc) is 2.76. The van der Waals surface area contributed by atoms with E-state index in [0.29, 0.717) is 18.2 Å². The van der Waals surface area contributed by atoms with E-state index in [2.05, 4.69) is 20.7 Å². The maximum Gasteiger partial charge on any atom is 0.248 e. The lowest BCUT2D eigenvalue weighted by molar-refractivity contribution is -0.155. The number of hydrogen-bond acceptors (Lipinski definition) is 5. The molecule has 1 aromatic rings. The van der Waals surface area contributed by atoms with Gasteiger partial charge in [-0.05, 0) is 31.4 Å². The van der Waals surface area contributed by atoms with Gasteiger partial charge in [-0.3, -0.25) is 9.59 Å². The van der Waals surface area contributed by atoms with Crippen molar-refractivity contribution in [3.8, 4) is 0 Å². The standard InChI is InChI=1S/C13H22N6O2/c1-8(2)6-9-11(20)14-13(3,4)12(21)19(9)7-10-15-17-18(5)16-10/h8-9H,6-7H2,1-5H3,(H,14,20). The van der Waals surface area contributed by atoms with Crippen LogP contribution in [0.4, 0.5) is 0 Å². The molecule has 8 nitrogen and oxygen atoms in total. The van der Waals surface area contributed by atoms with Gasteiger partial charge in [0.2, 0.25) is 11.8 Å². The van der Waals surface area contributed by atoms with Crippen LogP contribution in [0.15, 0.2) is 0 Å². The number of carbonyl (C=O) groups is 2. The summed E-state index contributed by atoms with van der Waals surface area (Å²) in [4.78, 5) is 27.9. The van der Waals surface area contributed by atoms with Gasteiger partial charge >= 0.3 is 0 Å². The van der Waals surface area contributed by atoms with Crippen LogP contribution >= 0.6 is 0 Å². The molecule has 2 amide bonds. The van der Waals surface area contributed by atoms with Crippen molar-refractivity contribution in [1.82, 2.24) is 30.4 Å². The highest BCUT2D eigenvalue weighted by Gasteiger charge is 2.45. The van der Waals surface area contributed by atoms with E-state index in [1.807, 2.05) is 13.8 Å². The van der Waals surface area contributed by atoms with Crippen molar-refractivity contribution < 1.29 is 9.59 Å². The minimum Gasteiger partial charge on any atom is -0.340 e. The van der Waals surface area contributed by atoms with Crippen molar-refractivity contribution in [3.05, 3.63) is 5.82 Å². The summed E-state index contributed by atoms with van der Waals surface area (Å²) in [7, 11) is 1.66. The first kappa shape index (κ1) is 15.4. The van der Waals surface area contributed by atoms with Crippen LogP contribution in [0.1, 0.15) is 39.9 Å². The van der Waals surface area contributed by atoms with Gasteiger partial charge in [0.1, 0.15) is 11.6 Å².